The summed E-state index contributed by atoms with van der Waals surface area (Å²) in [6, 6.07) is 9.28. The Morgan fingerprint density at radius 1 is 1.26 bits per heavy atom. The Morgan fingerprint density at radius 3 is 2.68 bits per heavy atom. The monoisotopic (exact) mass is 296 g/mol. The number of amides is 1. The molecule has 3 N–H and O–H groups in total. The average molecular weight is 297 g/mol. The van der Waals surface area contributed by atoms with E-state index in [-0.39, 0.29) is 5.91 Å². The Labute approximate surface area is 120 Å². The lowest BCUT2D eigenvalue weighted by Gasteiger charge is -2.03. The van der Waals surface area contributed by atoms with Gasteiger partial charge in [0.15, 0.2) is 0 Å². The van der Waals surface area contributed by atoms with Gasteiger partial charge in [-0.1, -0.05) is 23.7 Å². The van der Waals surface area contributed by atoms with Gasteiger partial charge in [0, 0.05) is 10.8 Å². The third-order valence-electron chi connectivity index (χ3n) is 2.54. The summed E-state index contributed by atoms with van der Waals surface area (Å²) in [5.41, 5.74) is 3.75. The molecule has 0 radical (unpaired) electrons. The maximum atomic E-state index is 11.4. The van der Waals surface area contributed by atoms with Gasteiger partial charge in [0.05, 0.1) is 17.6 Å². The van der Waals surface area contributed by atoms with Crippen LogP contribution in [0.25, 0.3) is 0 Å². The Hall–Kier alpha value is -1.43. The molecule has 2 aromatic rings. The molecule has 4 nitrogen and oxygen atoms in total. The molecular formula is C13H13ClN2O2S. The van der Waals surface area contributed by atoms with Crippen molar-refractivity contribution >= 4 is 29.3 Å². The third-order valence-corrected chi connectivity index (χ3v) is 3.79. The van der Waals surface area contributed by atoms with Crippen molar-refractivity contribution in [1.29, 1.82) is 0 Å². The first-order chi connectivity index (χ1) is 9.20. The molecule has 0 fully saturated rings. The second kappa shape index (κ2) is 6.65. The van der Waals surface area contributed by atoms with Gasteiger partial charge in [-0.15, -0.1) is 11.8 Å². The molecule has 0 aliphatic heterocycles. The van der Waals surface area contributed by atoms with Crippen molar-refractivity contribution in [2.45, 2.75) is 11.5 Å². The van der Waals surface area contributed by atoms with Gasteiger partial charge in [-0.3, -0.25) is 10.2 Å². The molecule has 1 aromatic heterocycles. The maximum Gasteiger partial charge on any atom is 0.268 e. The third kappa shape index (κ3) is 3.76. The molecule has 6 heteroatoms. The van der Waals surface area contributed by atoms with Gasteiger partial charge in [0.1, 0.15) is 5.76 Å². The minimum absolute atomic E-state index is 0.337. The van der Waals surface area contributed by atoms with E-state index in [0.717, 1.165) is 10.8 Å². The van der Waals surface area contributed by atoms with Crippen molar-refractivity contribution in [2.75, 3.05) is 0 Å². The number of benzene rings is 1. The number of hydrazine groups is 1. The van der Waals surface area contributed by atoms with E-state index in [0.29, 0.717) is 17.1 Å². The quantitative estimate of drug-likeness (QED) is 0.506. The summed E-state index contributed by atoms with van der Waals surface area (Å²) >= 11 is 7.47. The molecule has 100 valence electrons. The first-order valence-corrected chi connectivity index (χ1v) is 7.13. The van der Waals surface area contributed by atoms with Crippen LogP contribution in [0.3, 0.4) is 0 Å². The summed E-state index contributed by atoms with van der Waals surface area (Å²) in [7, 11) is 0. The molecule has 0 spiro atoms. The fourth-order valence-corrected chi connectivity index (χ4v) is 2.64. The van der Waals surface area contributed by atoms with Crippen LogP contribution in [0.15, 0.2) is 41.0 Å². The number of hydrogen-bond donors (Lipinski definition) is 2. The Kier molecular flexibility index (Phi) is 4.90. The molecule has 2 rings (SSSR count). The van der Waals surface area contributed by atoms with Gasteiger partial charge in [-0.25, -0.2) is 5.84 Å². The van der Waals surface area contributed by atoms with Gasteiger partial charge in [0.25, 0.3) is 5.91 Å². The molecule has 1 aromatic carbocycles. The predicted octanol–water partition coefficient (Wildman–Crippen LogP) is 2.97. The molecule has 0 saturated heterocycles. The van der Waals surface area contributed by atoms with E-state index in [9.17, 15) is 4.79 Å². The SMILES string of the molecule is NNC(=O)c1ccoc1CSCc1ccc(Cl)cc1. The van der Waals surface area contributed by atoms with Gasteiger partial charge in [-0.2, -0.15) is 0 Å². The van der Waals surface area contributed by atoms with Crippen LogP contribution in [-0.4, -0.2) is 5.91 Å². The minimum atomic E-state index is -0.337. The van der Waals surface area contributed by atoms with E-state index in [1.54, 1.807) is 17.8 Å². The van der Waals surface area contributed by atoms with E-state index in [2.05, 4.69) is 5.43 Å². The highest BCUT2D eigenvalue weighted by Crippen LogP contribution is 2.22. The van der Waals surface area contributed by atoms with Crippen LogP contribution in [-0.2, 0) is 11.5 Å². The highest BCUT2D eigenvalue weighted by molar-refractivity contribution is 7.97. The molecule has 0 bridgehead atoms. The number of thioether (sulfide) groups is 1. The van der Waals surface area contributed by atoms with E-state index >= 15 is 0 Å². The molecule has 19 heavy (non-hydrogen) atoms. The van der Waals surface area contributed by atoms with Gasteiger partial charge < -0.3 is 4.42 Å². The smallest absolute Gasteiger partial charge is 0.268 e. The largest absolute Gasteiger partial charge is 0.468 e. The molecule has 0 atom stereocenters. The highest BCUT2D eigenvalue weighted by Gasteiger charge is 2.13. The van der Waals surface area contributed by atoms with Crippen LogP contribution in [0.4, 0.5) is 0 Å². The standard InChI is InChI=1S/C13H13ClN2O2S/c14-10-3-1-9(2-4-10)7-19-8-12-11(5-6-18-12)13(17)16-15/h1-6H,7-8,15H2,(H,16,17). The fraction of sp³-hybridized carbons (Fsp3) is 0.154. The Balaban J connectivity index is 1.91. The summed E-state index contributed by atoms with van der Waals surface area (Å²) in [4.78, 5) is 11.4. The Bertz CT molecular complexity index is 554. The van der Waals surface area contributed by atoms with Crippen LogP contribution in [0.1, 0.15) is 21.7 Å². The lowest BCUT2D eigenvalue weighted by Crippen LogP contribution is -2.30. The lowest BCUT2D eigenvalue weighted by molar-refractivity contribution is 0.0952. The topological polar surface area (TPSA) is 68.3 Å². The summed E-state index contributed by atoms with van der Waals surface area (Å²) < 4.78 is 5.29. The number of furan rings is 1. The number of hydrogen-bond acceptors (Lipinski definition) is 4. The molecule has 0 aliphatic carbocycles. The Morgan fingerprint density at radius 2 is 2.00 bits per heavy atom. The molecule has 1 amide bonds. The van der Waals surface area contributed by atoms with Crippen molar-refractivity contribution in [2.24, 2.45) is 5.84 Å². The van der Waals surface area contributed by atoms with Gasteiger partial charge in [0.2, 0.25) is 0 Å². The van der Waals surface area contributed by atoms with E-state index < -0.39 is 0 Å². The van der Waals surface area contributed by atoms with Crippen LogP contribution in [0, 0.1) is 0 Å². The highest BCUT2D eigenvalue weighted by atomic mass is 35.5. The molecule has 1 heterocycles. The van der Waals surface area contributed by atoms with E-state index in [1.807, 2.05) is 24.3 Å². The van der Waals surface area contributed by atoms with E-state index in [1.165, 1.54) is 11.8 Å². The van der Waals surface area contributed by atoms with Crippen molar-refractivity contribution in [3.8, 4) is 0 Å². The number of nitrogen functional groups attached to an aromatic ring is 1. The molecule has 0 aliphatic rings. The van der Waals surface area contributed by atoms with Gasteiger partial charge >= 0.3 is 0 Å². The van der Waals surface area contributed by atoms with Crippen LogP contribution in [0.2, 0.25) is 5.02 Å². The fourth-order valence-electron chi connectivity index (χ4n) is 1.57. The predicted molar refractivity (Wildman–Crippen MR) is 76.8 cm³/mol. The van der Waals surface area contributed by atoms with Crippen LogP contribution < -0.4 is 11.3 Å². The number of carbonyl (C=O) groups excluding carboxylic acids is 1. The zero-order valence-corrected chi connectivity index (χ0v) is 11.6. The summed E-state index contributed by atoms with van der Waals surface area (Å²) in [6.07, 6.45) is 1.49. The van der Waals surface area contributed by atoms with E-state index in [4.69, 9.17) is 21.9 Å². The molecule has 0 unspecified atom stereocenters. The summed E-state index contributed by atoms with van der Waals surface area (Å²) in [6.45, 7) is 0. The molecule has 0 saturated carbocycles. The minimum Gasteiger partial charge on any atom is -0.468 e. The van der Waals surface area contributed by atoms with Crippen LogP contribution in [0.5, 0.6) is 0 Å². The number of carbonyl (C=O) groups is 1. The van der Waals surface area contributed by atoms with Crippen molar-refractivity contribution in [3.05, 3.63) is 58.5 Å². The zero-order valence-electron chi connectivity index (χ0n) is 10.1. The molecular weight excluding hydrogens is 284 g/mol. The number of nitrogens with two attached hydrogens (primary N) is 1. The van der Waals surface area contributed by atoms with Crippen molar-refractivity contribution < 1.29 is 9.21 Å². The summed E-state index contributed by atoms with van der Waals surface area (Å²) in [5, 5.41) is 0.724. The normalized spacial score (nSPS) is 10.4. The number of halogens is 1. The summed E-state index contributed by atoms with van der Waals surface area (Å²) in [5.74, 6) is 6.83. The maximum absolute atomic E-state index is 11.4. The zero-order chi connectivity index (χ0) is 13.7. The number of nitrogens with one attached hydrogen (secondary N) is 1. The van der Waals surface area contributed by atoms with Crippen molar-refractivity contribution in [1.82, 2.24) is 5.43 Å². The average Bonchev–Trinajstić information content (AvgIpc) is 2.88. The van der Waals surface area contributed by atoms with Crippen molar-refractivity contribution in [3.63, 3.8) is 0 Å². The van der Waals surface area contributed by atoms with Crippen LogP contribution >= 0.6 is 23.4 Å². The van der Waals surface area contributed by atoms with Gasteiger partial charge in [-0.05, 0) is 23.8 Å². The second-order valence-electron chi connectivity index (χ2n) is 3.85. The number of rotatable bonds is 5. The first kappa shape index (κ1) is 14.0. The second-order valence-corrected chi connectivity index (χ2v) is 5.27. The first-order valence-electron chi connectivity index (χ1n) is 5.60. The lowest BCUT2D eigenvalue weighted by atomic mass is 10.2.